The number of benzene rings is 1. The standard InChI is InChI=1S/C18H23N5O3/c1-4-13(14-8-9-19-22(14)3)21-18(25)20-12-6-7-15-16(10-12)26-11-17(24)23(15)5-2/h6-10,13H,4-5,11H2,1-3H3,(H2,20,21,25)/t13-/m0/s1. The van der Waals surface area contributed by atoms with Crippen LogP contribution in [0.15, 0.2) is 30.5 Å². The zero-order valence-corrected chi connectivity index (χ0v) is 15.2. The summed E-state index contributed by atoms with van der Waals surface area (Å²) in [6.45, 7) is 4.50. The van der Waals surface area contributed by atoms with E-state index in [0.29, 0.717) is 18.0 Å². The summed E-state index contributed by atoms with van der Waals surface area (Å²) in [5.41, 5.74) is 2.26. The fourth-order valence-electron chi connectivity index (χ4n) is 3.07. The zero-order valence-electron chi connectivity index (χ0n) is 15.2. The smallest absolute Gasteiger partial charge is 0.319 e. The molecule has 0 saturated carbocycles. The predicted molar refractivity (Wildman–Crippen MR) is 98.4 cm³/mol. The summed E-state index contributed by atoms with van der Waals surface area (Å²) < 4.78 is 7.24. The topological polar surface area (TPSA) is 88.5 Å². The van der Waals surface area contributed by atoms with E-state index in [-0.39, 0.29) is 24.6 Å². The van der Waals surface area contributed by atoms with Gasteiger partial charge in [0.25, 0.3) is 5.91 Å². The first-order valence-electron chi connectivity index (χ1n) is 8.66. The van der Waals surface area contributed by atoms with Gasteiger partial charge >= 0.3 is 6.03 Å². The quantitative estimate of drug-likeness (QED) is 0.860. The zero-order chi connectivity index (χ0) is 18.7. The summed E-state index contributed by atoms with van der Waals surface area (Å²) in [7, 11) is 1.85. The molecule has 1 aromatic heterocycles. The van der Waals surface area contributed by atoms with Gasteiger partial charge in [-0.05, 0) is 31.5 Å². The van der Waals surface area contributed by atoms with Gasteiger partial charge in [-0.1, -0.05) is 6.92 Å². The van der Waals surface area contributed by atoms with Crippen LogP contribution in [-0.4, -0.2) is 34.9 Å². The largest absolute Gasteiger partial charge is 0.481 e. The van der Waals surface area contributed by atoms with E-state index in [9.17, 15) is 9.59 Å². The molecule has 0 unspecified atom stereocenters. The van der Waals surface area contributed by atoms with Gasteiger partial charge in [0.1, 0.15) is 5.75 Å². The minimum absolute atomic E-state index is 0.00882. The molecule has 0 fully saturated rings. The summed E-state index contributed by atoms with van der Waals surface area (Å²) in [5, 5.41) is 9.91. The summed E-state index contributed by atoms with van der Waals surface area (Å²) >= 11 is 0. The molecule has 1 aromatic carbocycles. The third kappa shape index (κ3) is 3.49. The van der Waals surface area contributed by atoms with E-state index in [2.05, 4.69) is 15.7 Å². The number of likely N-dealkylation sites (N-methyl/N-ethyl adjacent to an activating group) is 1. The number of amides is 3. The Morgan fingerprint density at radius 3 is 2.81 bits per heavy atom. The van der Waals surface area contributed by atoms with Crippen molar-refractivity contribution < 1.29 is 14.3 Å². The lowest BCUT2D eigenvalue weighted by Crippen LogP contribution is -2.38. The lowest BCUT2D eigenvalue weighted by atomic mass is 10.1. The SMILES string of the molecule is CC[C@H](NC(=O)Nc1ccc2c(c1)OCC(=O)N2CC)c1ccnn1C. The molecule has 0 spiro atoms. The van der Waals surface area contributed by atoms with Crippen LogP contribution in [0.3, 0.4) is 0 Å². The van der Waals surface area contributed by atoms with Gasteiger partial charge in [0.05, 0.1) is 17.4 Å². The highest BCUT2D eigenvalue weighted by Gasteiger charge is 2.24. The van der Waals surface area contributed by atoms with E-state index in [1.54, 1.807) is 34.0 Å². The van der Waals surface area contributed by atoms with Crippen molar-refractivity contribution in [2.45, 2.75) is 26.3 Å². The number of hydrogen-bond acceptors (Lipinski definition) is 4. The normalized spacial score (nSPS) is 14.4. The Labute approximate surface area is 152 Å². The predicted octanol–water partition coefficient (Wildman–Crippen LogP) is 2.44. The summed E-state index contributed by atoms with van der Waals surface area (Å²) in [6, 6.07) is 6.71. The molecule has 1 aliphatic rings. The van der Waals surface area contributed by atoms with E-state index in [1.807, 2.05) is 27.0 Å². The van der Waals surface area contributed by atoms with Crippen LogP contribution in [0, 0.1) is 0 Å². The van der Waals surface area contributed by atoms with Crippen molar-refractivity contribution in [2.75, 3.05) is 23.4 Å². The number of anilines is 2. The van der Waals surface area contributed by atoms with E-state index < -0.39 is 0 Å². The molecule has 0 aliphatic carbocycles. The van der Waals surface area contributed by atoms with Gasteiger partial charge in [0, 0.05) is 31.5 Å². The maximum Gasteiger partial charge on any atom is 0.319 e. The molecule has 2 heterocycles. The Kier molecular flexibility index (Phi) is 5.11. The van der Waals surface area contributed by atoms with Crippen molar-refractivity contribution in [1.29, 1.82) is 0 Å². The fraction of sp³-hybridized carbons (Fsp3) is 0.389. The Morgan fingerprint density at radius 2 is 2.15 bits per heavy atom. The van der Waals surface area contributed by atoms with Crippen LogP contribution in [-0.2, 0) is 11.8 Å². The van der Waals surface area contributed by atoms with Crippen molar-refractivity contribution in [3.63, 3.8) is 0 Å². The number of aryl methyl sites for hydroxylation is 1. The maximum absolute atomic E-state index is 12.4. The van der Waals surface area contributed by atoms with Crippen molar-refractivity contribution in [2.24, 2.45) is 7.05 Å². The van der Waals surface area contributed by atoms with Crippen molar-refractivity contribution in [3.05, 3.63) is 36.2 Å². The van der Waals surface area contributed by atoms with Crippen LogP contribution in [0.4, 0.5) is 16.2 Å². The molecule has 26 heavy (non-hydrogen) atoms. The number of urea groups is 1. The molecule has 0 saturated heterocycles. The first kappa shape index (κ1) is 17.8. The molecule has 1 atom stereocenters. The highest BCUT2D eigenvalue weighted by Crippen LogP contribution is 2.34. The van der Waals surface area contributed by atoms with Crippen molar-refractivity contribution >= 4 is 23.3 Å². The average Bonchev–Trinajstić information content (AvgIpc) is 3.05. The van der Waals surface area contributed by atoms with Gasteiger partial charge in [-0.3, -0.25) is 9.48 Å². The van der Waals surface area contributed by atoms with Gasteiger partial charge in [-0.15, -0.1) is 0 Å². The third-order valence-corrected chi connectivity index (χ3v) is 4.41. The number of fused-ring (bicyclic) bond motifs is 1. The fourth-order valence-corrected chi connectivity index (χ4v) is 3.07. The van der Waals surface area contributed by atoms with Crippen LogP contribution in [0.2, 0.25) is 0 Å². The maximum atomic E-state index is 12.4. The minimum Gasteiger partial charge on any atom is -0.481 e. The number of carbonyl (C=O) groups excluding carboxylic acids is 2. The number of rotatable bonds is 5. The molecule has 1 aliphatic heterocycles. The number of nitrogens with zero attached hydrogens (tertiary/aromatic N) is 3. The number of carbonyl (C=O) groups is 2. The number of hydrogen-bond donors (Lipinski definition) is 2. The highest BCUT2D eigenvalue weighted by molar-refractivity contribution is 5.98. The Hall–Kier alpha value is -3.03. The van der Waals surface area contributed by atoms with E-state index >= 15 is 0 Å². The van der Waals surface area contributed by atoms with Crippen molar-refractivity contribution in [3.8, 4) is 5.75 Å². The molecule has 0 bridgehead atoms. The lowest BCUT2D eigenvalue weighted by Gasteiger charge is -2.28. The van der Waals surface area contributed by atoms with Gasteiger partial charge in [-0.25, -0.2) is 4.79 Å². The second-order valence-corrected chi connectivity index (χ2v) is 6.05. The van der Waals surface area contributed by atoms with Crippen LogP contribution in [0.25, 0.3) is 0 Å². The Balaban J connectivity index is 1.70. The Bertz CT molecular complexity index is 817. The second-order valence-electron chi connectivity index (χ2n) is 6.05. The number of nitrogens with one attached hydrogen (secondary N) is 2. The number of ether oxygens (including phenoxy) is 1. The highest BCUT2D eigenvalue weighted by atomic mass is 16.5. The van der Waals surface area contributed by atoms with Crippen LogP contribution in [0.1, 0.15) is 32.0 Å². The molecular formula is C18H23N5O3. The first-order valence-corrected chi connectivity index (χ1v) is 8.66. The molecule has 0 radical (unpaired) electrons. The van der Waals surface area contributed by atoms with Gasteiger partial charge in [0.2, 0.25) is 0 Å². The second kappa shape index (κ2) is 7.47. The lowest BCUT2D eigenvalue weighted by molar-refractivity contribution is -0.121. The molecule has 3 rings (SSSR count). The van der Waals surface area contributed by atoms with Crippen LogP contribution < -0.4 is 20.3 Å². The van der Waals surface area contributed by atoms with Crippen molar-refractivity contribution in [1.82, 2.24) is 15.1 Å². The van der Waals surface area contributed by atoms with Gasteiger partial charge in [0.15, 0.2) is 6.61 Å². The average molecular weight is 357 g/mol. The minimum atomic E-state index is -0.308. The number of aromatic nitrogens is 2. The molecule has 8 heteroatoms. The molecule has 8 nitrogen and oxygen atoms in total. The first-order chi connectivity index (χ1) is 12.5. The Morgan fingerprint density at radius 1 is 1.35 bits per heavy atom. The summed E-state index contributed by atoms with van der Waals surface area (Å²) in [4.78, 5) is 25.9. The van der Waals surface area contributed by atoms with E-state index in [1.165, 1.54) is 0 Å². The summed E-state index contributed by atoms with van der Waals surface area (Å²) in [6.07, 6.45) is 2.45. The van der Waals surface area contributed by atoms with E-state index in [4.69, 9.17) is 4.74 Å². The molecule has 3 amide bonds. The molecule has 138 valence electrons. The molecular weight excluding hydrogens is 334 g/mol. The third-order valence-electron chi connectivity index (χ3n) is 4.41. The van der Waals surface area contributed by atoms with E-state index in [0.717, 1.165) is 17.8 Å². The molecule has 2 N–H and O–H groups in total. The van der Waals surface area contributed by atoms with Crippen LogP contribution >= 0.6 is 0 Å². The van der Waals surface area contributed by atoms with Gasteiger partial charge in [-0.2, -0.15) is 5.10 Å². The van der Waals surface area contributed by atoms with Crippen LogP contribution in [0.5, 0.6) is 5.75 Å². The summed E-state index contributed by atoms with van der Waals surface area (Å²) in [5.74, 6) is 0.517. The van der Waals surface area contributed by atoms with Gasteiger partial charge < -0.3 is 20.3 Å². The monoisotopic (exact) mass is 357 g/mol. The molecule has 2 aromatic rings.